The SMILES string of the molecule is CCOc1ccccc1OCC(=O)Nc1nc(-c2ccc([N+](=O)[O-])cc2)cs1. The fourth-order valence-electron chi connectivity index (χ4n) is 2.36. The summed E-state index contributed by atoms with van der Waals surface area (Å²) in [5.74, 6) is 0.716. The number of carbonyl (C=O) groups excluding carboxylic acids is 1. The first-order valence-electron chi connectivity index (χ1n) is 8.41. The topological polar surface area (TPSA) is 104 Å². The maximum Gasteiger partial charge on any atom is 0.269 e. The highest BCUT2D eigenvalue weighted by Crippen LogP contribution is 2.28. The summed E-state index contributed by atoms with van der Waals surface area (Å²) in [4.78, 5) is 26.7. The molecule has 0 saturated heterocycles. The Kier molecular flexibility index (Phi) is 6.18. The summed E-state index contributed by atoms with van der Waals surface area (Å²) in [7, 11) is 0. The number of aromatic nitrogens is 1. The van der Waals surface area contributed by atoms with Gasteiger partial charge >= 0.3 is 0 Å². The van der Waals surface area contributed by atoms with Crippen molar-refractivity contribution in [2.75, 3.05) is 18.5 Å². The fraction of sp³-hybridized carbons (Fsp3) is 0.158. The molecule has 1 amide bonds. The standard InChI is InChI=1S/C19H17N3O5S/c1-2-26-16-5-3-4-6-17(16)27-11-18(23)21-19-20-15(12-28-19)13-7-9-14(10-8-13)22(24)25/h3-10,12H,2,11H2,1H3,(H,20,21,23). The number of nitro groups is 1. The summed E-state index contributed by atoms with van der Waals surface area (Å²) in [6.07, 6.45) is 0. The predicted molar refractivity (Wildman–Crippen MR) is 106 cm³/mol. The zero-order valence-electron chi connectivity index (χ0n) is 15.0. The van der Waals surface area contributed by atoms with E-state index in [0.29, 0.717) is 28.9 Å². The summed E-state index contributed by atoms with van der Waals surface area (Å²) >= 11 is 1.26. The van der Waals surface area contributed by atoms with Crippen LogP contribution in [-0.2, 0) is 4.79 Å². The van der Waals surface area contributed by atoms with Crippen LogP contribution >= 0.6 is 11.3 Å². The number of nitrogens with one attached hydrogen (secondary N) is 1. The van der Waals surface area contributed by atoms with Crippen molar-refractivity contribution in [3.8, 4) is 22.8 Å². The second-order valence-corrected chi connectivity index (χ2v) is 6.42. The van der Waals surface area contributed by atoms with E-state index in [1.54, 1.807) is 35.7 Å². The molecule has 1 heterocycles. The molecule has 144 valence electrons. The molecule has 0 radical (unpaired) electrons. The van der Waals surface area contributed by atoms with Gasteiger partial charge in [0.2, 0.25) is 0 Å². The van der Waals surface area contributed by atoms with Crippen LogP contribution in [-0.4, -0.2) is 29.0 Å². The Bertz CT molecular complexity index is 972. The smallest absolute Gasteiger partial charge is 0.269 e. The highest BCUT2D eigenvalue weighted by atomic mass is 32.1. The van der Waals surface area contributed by atoms with Gasteiger partial charge in [0.1, 0.15) is 0 Å². The van der Waals surface area contributed by atoms with Gasteiger partial charge in [-0.2, -0.15) is 0 Å². The number of anilines is 1. The third kappa shape index (κ3) is 4.83. The van der Waals surface area contributed by atoms with Gasteiger partial charge in [-0.15, -0.1) is 11.3 Å². The molecule has 0 aliphatic heterocycles. The van der Waals surface area contributed by atoms with Crippen LogP contribution in [0.25, 0.3) is 11.3 Å². The summed E-state index contributed by atoms with van der Waals surface area (Å²) in [6.45, 7) is 2.18. The largest absolute Gasteiger partial charge is 0.490 e. The predicted octanol–water partition coefficient (Wildman–Crippen LogP) is 4.13. The number of hydrogen-bond acceptors (Lipinski definition) is 7. The van der Waals surface area contributed by atoms with Crippen molar-refractivity contribution in [3.05, 3.63) is 64.0 Å². The normalized spacial score (nSPS) is 10.3. The van der Waals surface area contributed by atoms with Crippen molar-refractivity contribution in [1.82, 2.24) is 4.98 Å². The Labute approximate surface area is 164 Å². The van der Waals surface area contributed by atoms with E-state index in [1.165, 1.54) is 23.5 Å². The first-order chi connectivity index (χ1) is 13.6. The van der Waals surface area contributed by atoms with Crippen molar-refractivity contribution in [1.29, 1.82) is 0 Å². The number of nitro benzene ring substituents is 1. The zero-order chi connectivity index (χ0) is 19.9. The van der Waals surface area contributed by atoms with E-state index in [4.69, 9.17) is 9.47 Å². The molecule has 9 heteroatoms. The summed E-state index contributed by atoms with van der Waals surface area (Å²) in [5.41, 5.74) is 1.36. The van der Waals surface area contributed by atoms with Gasteiger partial charge in [0.05, 0.1) is 17.2 Å². The average Bonchev–Trinajstić information content (AvgIpc) is 3.16. The lowest BCUT2D eigenvalue weighted by molar-refractivity contribution is -0.384. The van der Waals surface area contributed by atoms with Gasteiger partial charge in [0, 0.05) is 23.1 Å². The van der Waals surface area contributed by atoms with Gasteiger partial charge in [0.15, 0.2) is 23.2 Å². The zero-order valence-corrected chi connectivity index (χ0v) is 15.8. The molecule has 0 fully saturated rings. The average molecular weight is 399 g/mol. The summed E-state index contributed by atoms with van der Waals surface area (Å²) < 4.78 is 11.0. The van der Waals surface area contributed by atoms with Crippen LogP contribution in [0.2, 0.25) is 0 Å². The third-order valence-electron chi connectivity index (χ3n) is 3.63. The minimum atomic E-state index is -0.458. The highest BCUT2D eigenvalue weighted by Gasteiger charge is 2.12. The summed E-state index contributed by atoms with van der Waals surface area (Å²) in [5, 5.41) is 15.6. The number of thiazole rings is 1. The first kappa shape index (κ1) is 19.3. The number of para-hydroxylation sites is 2. The van der Waals surface area contributed by atoms with Crippen molar-refractivity contribution in [2.24, 2.45) is 0 Å². The molecule has 8 nitrogen and oxygen atoms in total. The lowest BCUT2D eigenvalue weighted by atomic mass is 10.1. The van der Waals surface area contributed by atoms with Crippen molar-refractivity contribution < 1.29 is 19.2 Å². The van der Waals surface area contributed by atoms with Crippen LogP contribution in [0.1, 0.15) is 6.92 Å². The molecule has 0 bridgehead atoms. The number of hydrogen-bond donors (Lipinski definition) is 1. The number of benzene rings is 2. The molecule has 3 aromatic rings. The molecule has 0 saturated carbocycles. The maximum absolute atomic E-state index is 12.1. The van der Waals surface area contributed by atoms with Crippen LogP contribution in [0, 0.1) is 10.1 Å². The van der Waals surface area contributed by atoms with E-state index in [2.05, 4.69) is 10.3 Å². The number of non-ortho nitro benzene ring substituents is 1. The second-order valence-electron chi connectivity index (χ2n) is 5.56. The molecular formula is C19H17N3O5S. The quantitative estimate of drug-likeness (QED) is 0.451. The van der Waals surface area contributed by atoms with E-state index in [9.17, 15) is 14.9 Å². The molecule has 0 aliphatic carbocycles. The minimum Gasteiger partial charge on any atom is -0.490 e. The Morgan fingerprint density at radius 2 is 1.82 bits per heavy atom. The Hall–Kier alpha value is -3.46. The van der Waals surface area contributed by atoms with Crippen LogP contribution < -0.4 is 14.8 Å². The van der Waals surface area contributed by atoms with Crippen LogP contribution in [0.15, 0.2) is 53.9 Å². The van der Waals surface area contributed by atoms with E-state index in [1.807, 2.05) is 13.0 Å². The molecule has 0 atom stereocenters. The van der Waals surface area contributed by atoms with Crippen molar-refractivity contribution in [3.63, 3.8) is 0 Å². The lowest BCUT2D eigenvalue weighted by Gasteiger charge is -2.10. The van der Waals surface area contributed by atoms with E-state index >= 15 is 0 Å². The van der Waals surface area contributed by atoms with E-state index in [0.717, 1.165) is 5.56 Å². The van der Waals surface area contributed by atoms with Gasteiger partial charge in [-0.3, -0.25) is 20.2 Å². The molecular weight excluding hydrogens is 382 g/mol. The van der Waals surface area contributed by atoms with Gasteiger partial charge in [-0.25, -0.2) is 4.98 Å². The Balaban J connectivity index is 1.59. The second kappa shape index (κ2) is 8.96. The van der Waals surface area contributed by atoms with Crippen molar-refractivity contribution >= 4 is 28.1 Å². The Morgan fingerprint density at radius 1 is 1.14 bits per heavy atom. The molecule has 0 spiro atoms. The van der Waals surface area contributed by atoms with Gasteiger partial charge < -0.3 is 9.47 Å². The molecule has 2 aromatic carbocycles. The van der Waals surface area contributed by atoms with Gasteiger partial charge in [-0.05, 0) is 31.2 Å². The van der Waals surface area contributed by atoms with Crippen LogP contribution in [0.3, 0.4) is 0 Å². The van der Waals surface area contributed by atoms with E-state index < -0.39 is 4.92 Å². The number of rotatable bonds is 8. The highest BCUT2D eigenvalue weighted by molar-refractivity contribution is 7.14. The van der Waals surface area contributed by atoms with Gasteiger partial charge in [-0.1, -0.05) is 12.1 Å². The number of nitrogens with zero attached hydrogens (tertiary/aromatic N) is 2. The first-order valence-corrected chi connectivity index (χ1v) is 9.29. The maximum atomic E-state index is 12.1. The Morgan fingerprint density at radius 3 is 2.46 bits per heavy atom. The molecule has 3 rings (SSSR count). The lowest BCUT2D eigenvalue weighted by Crippen LogP contribution is -2.20. The monoisotopic (exact) mass is 399 g/mol. The number of carbonyl (C=O) groups is 1. The molecule has 1 N–H and O–H groups in total. The number of amides is 1. The van der Waals surface area contributed by atoms with Crippen LogP contribution in [0.5, 0.6) is 11.5 Å². The third-order valence-corrected chi connectivity index (χ3v) is 4.39. The molecule has 0 unspecified atom stereocenters. The molecule has 1 aromatic heterocycles. The van der Waals surface area contributed by atoms with E-state index in [-0.39, 0.29) is 18.2 Å². The molecule has 0 aliphatic rings. The van der Waals surface area contributed by atoms with Gasteiger partial charge in [0.25, 0.3) is 11.6 Å². The fourth-order valence-corrected chi connectivity index (χ4v) is 3.10. The molecule has 28 heavy (non-hydrogen) atoms. The number of ether oxygens (including phenoxy) is 2. The van der Waals surface area contributed by atoms with Crippen LogP contribution in [0.4, 0.5) is 10.8 Å². The minimum absolute atomic E-state index is 0.0111. The summed E-state index contributed by atoms with van der Waals surface area (Å²) in [6, 6.07) is 13.2. The van der Waals surface area contributed by atoms with Crippen molar-refractivity contribution in [2.45, 2.75) is 6.92 Å².